The zero-order valence-electron chi connectivity index (χ0n) is 10.7. The Morgan fingerprint density at radius 3 is 2.75 bits per heavy atom. The number of ether oxygens (including phenoxy) is 1. The molecule has 2 N–H and O–H groups in total. The molecule has 1 heterocycles. The maximum atomic E-state index is 12.4. The van der Waals surface area contributed by atoms with Crippen LogP contribution in [0, 0.1) is 0 Å². The minimum Gasteiger partial charge on any atom is -0.481 e. The Bertz CT molecular complexity index is 732. The summed E-state index contributed by atoms with van der Waals surface area (Å²) in [6, 6.07) is 9.29. The van der Waals surface area contributed by atoms with Crippen molar-refractivity contribution in [3.8, 4) is 5.88 Å². The third-order valence-corrected chi connectivity index (χ3v) is 4.74. The summed E-state index contributed by atoms with van der Waals surface area (Å²) in [7, 11) is -2.15. The van der Waals surface area contributed by atoms with Crippen LogP contribution in [0.2, 0.25) is 5.02 Å². The summed E-state index contributed by atoms with van der Waals surface area (Å²) < 4.78 is 29.7. The molecule has 0 saturated heterocycles. The van der Waals surface area contributed by atoms with Crippen LogP contribution >= 0.6 is 11.6 Å². The highest BCUT2D eigenvalue weighted by Gasteiger charge is 2.20. The quantitative estimate of drug-likeness (QED) is 0.876. The maximum Gasteiger partial charge on any atom is 0.213 e. The van der Waals surface area contributed by atoms with E-state index >= 15 is 0 Å². The van der Waals surface area contributed by atoms with Crippen molar-refractivity contribution >= 4 is 27.1 Å². The first-order chi connectivity index (χ1) is 9.42. The number of nitrogens with two attached hydrogens (primary N) is 1. The van der Waals surface area contributed by atoms with E-state index in [1.807, 2.05) is 0 Å². The lowest BCUT2D eigenvalue weighted by molar-refractivity contribution is 0.396. The molecule has 1 aromatic heterocycles. The second-order valence-corrected chi connectivity index (χ2v) is 6.49. The van der Waals surface area contributed by atoms with Gasteiger partial charge in [0.1, 0.15) is 0 Å². The average molecular weight is 313 g/mol. The number of anilines is 1. The predicted octanol–water partition coefficient (Wildman–Crippen LogP) is 2.30. The minimum atomic E-state index is -3.62. The third kappa shape index (κ3) is 3.20. The van der Waals surface area contributed by atoms with Gasteiger partial charge in [-0.1, -0.05) is 17.7 Å². The van der Waals surface area contributed by atoms with Crippen LogP contribution in [0.5, 0.6) is 5.88 Å². The topological polar surface area (TPSA) is 82.3 Å². The molecule has 0 aliphatic heterocycles. The highest BCUT2D eigenvalue weighted by molar-refractivity contribution is 7.90. The van der Waals surface area contributed by atoms with Gasteiger partial charge in [-0.2, -0.15) is 0 Å². The number of nitrogen functional groups attached to an aromatic ring is 1. The second kappa shape index (κ2) is 5.68. The zero-order chi connectivity index (χ0) is 14.8. The Balaban J connectivity index is 2.38. The van der Waals surface area contributed by atoms with Crippen LogP contribution in [-0.2, 0) is 15.6 Å². The molecule has 0 aliphatic rings. The zero-order valence-corrected chi connectivity index (χ0v) is 12.3. The number of benzene rings is 1. The monoisotopic (exact) mass is 312 g/mol. The van der Waals surface area contributed by atoms with Crippen LogP contribution in [0.25, 0.3) is 0 Å². The first kappa shape index (κ1) is 14.6. The molecule has 0 spiro atoms. The number of halogens is 1. The van der Waals surface area contributed by atoms with Gasteiger partial charge < -0.3 is 10.5 Å². The molecule has 0 atom stereocenters. The van der Waals surface area contributed by atoms with E-state index in [-0.39, 0.29) is 15.7 Å². The van der Waals surface area contributed by atoms with Crippen molar-refractivity contribution in [3.05, 3.63) is 47.1 Å². The van der Waals surface area contributed by atoms with E-state index in [1.54, 1.807) is 24.3 Å². The van der Waals surface area contributed by atoms with Crippen molar-refractivity contribution in [1.82, 2.24) is 4.98 Å². The summed E-state index contributed by atoms with van der Waals surface area (Å²) in [6.07, 6.45) is 0. The molecule has 106 valence electrons. The van der Waals surface area contributed by atoms with Gasteiger partial charge in [-0.05, 0) is 24.3 Å². The molecule has 1 aromatic carbocycles. The van der Waals surface area contributed by atoms with Crippen LogP contribution in [0.1, 0.15) is 5.69 Å². The summed E-state index contributed by atoms with van der Waals surface area (Å²) >= 11 is 5.93. The lowest BCUT2D eigenvalue weighted by atomic mass is 10.3. The molecule has 0 amide bonds. The summed E-state index contributed by atoms with van der Waals surface area (Å²) in [4.78, 5) is 4.08. The number of aromatic nitrogens is 1. The fraction of sp³-hybridized carbons (Fsp3) is 0.154. The Labute approximate surface area is 122 Å². The van der Waals surface area contributed by atoms with E-state index in [2.05, 4.69) is 4.98 Å². The molecular weight excluding hydrogens is 300 g/mol. The minimum absolute atomic E-state index is 0.00351. The van der Waals surface area contributed by atoms with E-state index in [9.17, 15) is 8.42 Å². The fourth-order valence-electron chi connectivity index (χ4n) is 1.68. The molecule has 0 radical (unpaired) electrons. The van der Waals surface area contributed by atoms with Gasteiger partial charge in [0, 0.05) is 11.8 Å². The average Bonchev–Trinajstić information content (AvgIpc) is 2.41. The molecule has 7 heteroatoms. The third-order valence-electron chi connectivity index (χ3n) is 2.62. The normalized spacial score (nSPS) is 11.3. The van der Waals surface area contributed by atoms with E-state index in [1.165, 1.54) is 19.2 Å². The Hall–Kier alpha value is -1.79. The van der Waals surface area contributed by atoms with Gasteiger partial charge in [0.05, 0.1) is 28.5 Å². The summed E-state index contributed by atoms with van der Waals surface area (Å²) in [5.74, 6) is 0.0873. The number of rotatable bonds is 4. The van der Waals surface area contributed by atoms with Crippen molar-refractivity contribution in [3.63, 3.8) is 0 Å². The van der Waals surface area contributed by atoms with Crippen molar-refractivity contribution in [2.75, 3.05) is 12.8 Å². The Morgan fingerprint density at radius 2 is 2.05 bits per heavy atom. The first-order valence-corrected chi connectivity index (χ1v) is 7.73. The SMILES string of the molecule is COc1cccc(CS(=O)(=O)c2cc(N)ccc2Cl)n1. The van der Waals surface area contributed by atoms with Gasteiger partial charge in [-0.25, -0.2) is 13.4 Å². The molecule has 0 saturated carbocycles. The Morgan fingerprint density at radius 1 is 1.30 bits per heavy atom. The highest BCUT2D eigenvalue weighted by atomic mass is 35.5. The van der Waals surface area contributed by atoms with Crippen LogP contribution in [-0.4, -0.2) is 20.5 Å². The van der Waals surface area contributed by atoms with Crippen molar-refractivity contribution < 1.29 is 13.2 Å². The van der Waals surface area contributed by atoms with Crippen LogP contribution in [0.15, 0.2) is 41.3 Å². The van der Waals surface area contributed by atoms with Crippen molar-refractivity contribution in [1.29, 1.82) is 0 Å². The summed E-state index contributed by atoms with van der Waals surface area (Å²) in [6.45, 7) is 0. The van der Waals surface area contributed by atoms with Gasteiger partial charge >= 0.3 is 0 Å². The molecular formula is C13H13ClN2O3S. The first-order valence-electron chi connectivity index (χ1n) is 5.70. The largest absolute Gasteiger partial charge is 0.481 e. The second-order valence-electron chi connectivity index (χ2n) is 4.12. The molecule has 20 heavy (non-hydrogen) atoms. The van der Waals surface area contributed by atoms with Crippen LogP contribution in [0.4, 0.5) is 5.69 Å². The lowest BCUT2D eigenvalue weighted by Crippen LogP contribution is -2.08. The smallest absolute Gasteiger partial charge is 0.213 e. The molecule has 5 nitrogen and oxygen atoms in total. The molecule has 0 unspecified atom stereocenters. The highest BCUT2D eigenvalue weighted by Crippen LogP contribution is 2.26. The van der Waals surface area contributed by atoms with Gasteiger partial charge in [-0.15, -0.1) is 0 Å². The van der Waals surface area contributed by atoms with E-state index in [0.29, 0.717) is 17.3 Å². The van der Waals surface area contributed by atoms with E-state index < -0.39 is 9.84 Å². The van der Waals surface area contributed by atoms with Gasteiger partial charge in [0.25, 0.3) is 0 Å². The number of pyridine rings is 1. The van der Waals surface area contributed by atoms with Crippen LogP contribution in [0.3, 0.4) is 0 Å². The van der Waals surface area contributed by atoms with E-state index in [4.69, 9.17) is 22.1 Å². The number of sulfone groups is 1. The maximum absolute atomic E-state index is 12.4. The molecule has 2 rings (SSSR count). The van der Waals surface area contributed by atoms with E-state index in [0.717, 1.165) is 0 Å². The summed E-state index contributed by atoms with van der Waals surface area (Å²) in [5, 5.41) is 0.141. The van der Waals surface area contributed by atoms with Crippen molar-refractivity contribution in [2.45, 2.75) is 10.6 Å². The Kier molecular flexibility index (Phi) is 4.15. The lowest BCUT2D eigenvalue weighted by Gasteiger charge is -2.08. The van der Waals surface area contributed by atoms with Gasteiger partial charge in [-0.3, -0.25) is 0 Å². The molecule has 0 fully saturated rings. The molecule has 0 aliphatic carbocycles. The fourth-order valence-corrected chi connectivity index (χ4v) is 3.54. The van der Waals surface area contributed by atoms with Crippen molar-refractivity contribution in [2.24, 2.45) is 0 Å². The predicted molar refractivity (Wildman–Crippen MR) is 77.5 cm³/mol. The molecule has 2 aromatic rings. The standard InChI is InChI=1S/C13H13ClN2O3S/c1-19-13-4-2-3-10(16-13)8-20(17,18)12-7-9(15)5-6-11(12)14/h2-7H,8,15H2,1H3. The van der Waals surface area contributed by atoms with Gasteiger partial charge in [0.2, 0.25) is 5.88 Å². The number of hydrogen-bond donors (Lipinski definition) is 1. The van der Waals surface area contributed by atoms with Crippen LogP contribution < -0.4 is 10.5 Å². The number of hydrogen-bond acceptors (Lipinski definition) is 5. The summed E-state index contributed by atoms with van der Waals surface area (Å²) in [5.41, 5.74) is 6.32. The van der Waals surface area contributed by atoms with Gasteiger partial charge in [0.15, 0.2) is 9.84 Å². The number of methoxy groups -OCH3 is 1. The number of nitrogens with zero attached hydrogens (tertiary/aromatic N) is 1. The molecule has 0 bridgehead atoms.